The van der Waals surface area contributed by atoms with Crippen molar-refractivity contribution < 1.29 is 9.90 Å². The third-order valence-electron chi connectivity index (χ3n) is 2.85. The van der Waals surface area contributed by atoms with Crippen molar-refractivity contribution in [1.29, 1.82) is 0 Å². The Hall–Kier alpha value is -1.51. The highest BCUT2D eigenvalue weighted by atomic mass is 16.4. The maximum atomic E-state index is 10.7. The number of aliphatic carboxylic acids is 1. The van der Waals surface area contributed by atoms with E-state index in [0.717, 1.165) is 5.69 Å². The number of hydrogen-bond donors (Lipinski definition) is 2. The number of hydrogen-bond acceptors (Lipinski definition) is 2. The predicted molar refractivity (Wildman–Crippen MR) is 70.4 cm³/mol. The molecule has 0 aliphatic carbocycles. The van der Waals surface area contributed by atoms with Gasteiger partial charge in [0.05, 0.1) is 6.42 Å². The minimum atomic E-state index is -0.752. The molecule has 0 aliphatic rings. The van der Waals surface area contributed by atoms with Crippen molar-refractivity contribution in [2.45, 2.75) is 34.1 Å². The minimum absolute atomic E-state index is 0.172. The molecular formula is C14H21NO2. The fraction of sp³-hybridized carbons (Fsp3) is 0.500. The highest BCUT2D eigenvalue weighted by Crippen LogP contribution is 2.24. The number of anilines is 1. The molecule has 1 rings (SSSR count). The van der Waals surface area contributed by atoms with Crippen LogP contribution in [0.15, 0.2) is 18.2 Å². The largest absolute Gasteiger partial charge is 0.481 e. The maximum absolute atomic E-state index is 10.7. The molecule has 0 aromatic heterocycles. The number of carboxylic acid groups (broad SMARTS) is 1. The first-order chi connectivity index (χ1) is 7.82. The number of benzene rings is 1. The molecular weight excluding hydrogens is 214 g/mol. The van der Waals surface area contributed by atoms with Crippen molar-refractivity contribution in [2.24, 2.45) is 5.41 Å². The van der Waals surface area contributed by atoms with Gasteiger partial charge in [0.25, 0.3) is 0 Å². The highest BCUT2D eigenvalue weighted by molar-refractivity contribution is 5.67. The summed E-state index contributed by atoms with van der Waals surface area (Å²) in [7, 11) is 0. The molecule has 0 heterocycles. The maximum Gasteiger partial charge on any atom is 0.303 e. The van der Waals surface area contributed by atoms with Crippen LogP contribution >= 0.6 is 0 Å². The average molecular weight is 235 g/mol. The van der Waals surface area contributed by atoms with Gasteiger partial charge in [0, 0.05) is 12.2 Å². The Bertz CT molecular complexity index is 390. The van der Waals surface area contributed by atoms with E-state index in [4.69, 9.17) is 5.11 Å². The lowest BCUT2D eigenvalue weighted by atomic mass is 9.89. The summed E-state index contributed by atoms with van der Waals surface area (Å²) < 4.78 is 0. The summed E-state index contributed by atoms with van der Waals surface area (Å²) in [6.45, 7) is 8.69. The molecule has 0 saturated heterocycles. The normalized spacial score (nSPS) is 11.3. The van der Waals surface area contributed by atoms with Gasteiger partial charge in [0.1, 0.15) is 0 Å². The van der Waals surface area contributed by atoms with Gasteiger partial charge in [0.15, 0.2) is 0 Å². The Morgan fingerprint density at radius 2 is 1.82 bits per heavy atom. The highest BCUT2D eigenvalue weighted by Gasteiger charge is 2.21. The van der Waals surface area contributed by atoms with E-state index in [1.165, 1.54) is 11.1 Å². The summed E-state index contributed by atoms with van der Waals surface area (Å²) in [5.74, 6) is -0.752. The minimum Gasteiger partial charge on any atom is -0.481 e. The fourth-order valence-corrected chi connectivity index (χ4v) is 1.89. The van der Waals surface area contributed by atoms with Gasteiger partial charge in [0.2, 0.25) is 0 Å². The van der Waals surface area contributed by atoms with Crippen molar-refractivity contribution in [2.75, 3.05) is 11.9 Å². The predicted octanol–water partition coefficient (Wildman–Crippen LogP) is 3.22. The first kappa shape index (κ1) is 13.6. The van der Waals surface area contributed by atoms with Crippen molar-refractivity contribution in [3.8, 4) is 0 Å². The molecule has 0 amide bonds. The molecule has 0 unspecified atom stereocenters. The molecule has 1 aromatic carbocycles. The Kier molecular flexibility index (Phi) is 4.16. The number of aryl methyl sites for hydroxylation is 2. The molecule has 2 N–H and O–H groups in total. The van der Waals surface area contributed by atoms with Crippen LogP contribution in [0.4, 0.5) is 5.69 Å². The molecule has 0 bridgehead atoms. The van der Waals surface area contributed by atoms with Crippen LogP contribution in [0.5, 0.6) is 0 Å². The summed E-state index contributed by atoms with van der Waals surface area (Å²) >= 11 is 0. The molecule has 0 saturated carbocycles. The average Bonchev–Trinajstić information content (AvgIpc) is 2.14. The van der Waals surface area contributed by atoms with E-state index >= 15 is 0 Å². The van der Waals surface area contributed by atoms with Gasteiger partial charge >= 0.3 is 5.97 Å². The van der Waals surface area contributed by atoms with Crippen LogP contribution in [0.25, 0.3) is 0 Å². The summed E-state index contributed by atoms with van der Waals surface area (Å²) in [6, 6.07) is 6.14. The van der Waals surface area contributed by atoms with Gasteiger partial charge < -0.3 is 10.4 Å². The van der Waals surface area contributed by atoms with E-state index in [9.17, 15) is 4.79 Å². The Labute approximate surface area is 103 Å². The zero-order chi connectivity index (χ0) is 13.1. The van der Waals surface area contributed by atoms with Gasteiger partial charge in [-0.3, -0.25) is 4.79 Å². The van der Waals surface area contributed by atoms with Crippen LogP contribution in [0.3, 0.4) is 0 Å². The van der Waals surface area contributed by atoms with Crippen molar-refractivity contribution in [1.82, 2.24) is 0 Å². The second-order valence-corrected chi connectivity index (χ2v) is 5.36. The lowest BCUT2D eigenvalue weighted by Crippen LogP contribution is -2.26. The molecule has 0 fully saturated rings. The third kappa shape index (κ3) is 4.10. The smallest absolute Gasteiger partial charge is 0.303 e. The van der Waals surface area contributed by atoms with E-state index in [2.05, 4.69) is 31.3 Å². The van der Waals surface area contributed by atoms with Crippen molar-refractivity contribution >= 4 is 11.7 Å². The lowest BCUT2D eigenvalue weighted by molar-refractivity contribution is -0.139. The first-order valence-corrected chi connectivity index (χ1v) is 5.84. The van der Waals surface area contributed by atoms with Crippen LogP contribution < -0.4 is 5.32 Å². The van der Waals surface area contributed by atoms with Crippen LogP contribution in [0, 0.1) is 19.3 Å². The Morgan fingerprint density at radius 3 is 2.29 bits per heavy atom. The summed E-state index contributed by atoms with van der Waals surface area (Å²) in [5.41, 5.74) is 3.25. The molecule has 0 atom stereocenters. The summed E-state index contributed by atoms with van der Waals surface area (Å²) in [6.07, 6.45) is 0.172. The zero-order valence-corrected chi connectivity index (χ0v) is 11.0. The van der Waals surface area contributed by atoms with Gasteiger partial charge in [-0.2, -0.15) is 0 Å². The summed E-state index contributed by atoms with van der Waals surface area (Å²) in [4.78, 5) is 10.7. The molecule has 1 aromatic rings. The molecule has 94 valence electrons. The van der Waals surface area contributed by atoms with E-state index < -0.39 is 5.97 Å². The molecule has 0 radical (unpaired) electrons. The standard InChI is InChI=1S/C14H21NO2/c1-10-6-5-7-11(2)13(10)15-9-14(3,4)8-12(16)17/h5-7,15H,8-9H2,1-4H3,(H,16,17). The van der Waals surface area contributed by atoms with Crippen LogP contribution in [0.1, 0.15) is 31.4 Å². The van der Waals surface area contributed by atoms with Gasteiger partial charge in [-0.05, 0) is 30.4 Å². The second-order valence-electron chi connectivity index (χ2n) is 5.36. The molecule has 17 heavy (non-hydrogen) atoms. The van der Waals surface area contributed by atoms with Crippen LogP contribution in [-0.2, 0) is 4.79 Å². The number of rotatable bonds is 5. The lowest BCUT2D eigenvalue weighted by Gasteiger charge is -2.24. The monoisotopic (exact) mass is 235 g/mol. The molecule has 3 heteroatoms. The van der Waals surface area contributed by atoms with E-state index in [1.807, 2.05) is 19.9 Å². The molecule has 0 aliphatic heterocycles. The van der Waals surface area contributed by atoms with Crippen LogP contribution in [0.2, 0.25) is 0 Å². The van der Waals surface area contributed by atoms with Crippen molar-refractivity contribution in [3.05, 3.63) is 29.3 Å². The van der Waals surface area contributed by atoms with E-state index in [0.29, 0.717) is 6.54 Å². The van der Waals surface area contributed by atoms with Crippen molar-refractivity contribution in [3.63, 3.8) is 0 Å². The number of para-hydroxylation sites is 1. The number of carbonyl (C=O) groups is 1. The Balaban J connectivity index is 2.70. The first-order valence-electron chi connectivity index (χ1n) is 5.84. The quantitative estimate of drug-likeness (QED) is 0.823. The number of carboxylic acids is 1. The third-order valence-corrected chi connectivity index (χ3v) is 2.85. The number of nitrogens with one attached hydrogen (secondary N) is 1. The van der Waals surface area contributed by atoms with E-state index in [-0.39, 0.29) is 11.8 Å². The fourth-order valence-electron chi connectivity index (χ4n) is 1.89. The topological polar surface area (TPSA) is 49.3 Å². The van der Waals surface area contributed by atoms with E-state index in [1.54, 1.807) is 0 Å². The van der Waals surface area contributed by atoms with Gasteiger partial charge in [-0.1, -0.05) is 32.0 Å². The second kappa shape index (κ2) is 5.21. The Morgan fingerprint density at radius 1 is 1.29 bits per heavy atom. The molecule has 3 nitrogen and oxygen atoms in total. The molecule has 0 spiro atoms. The van der Waals surface area contributed by atoms with Gasteiger partial charge in [-0.25, -0.2) is 0 Å². The SMILES string of the molecule is Cc1cccc(C)c1NCC(C)(C)CC(=O)O. The summed E-state index contributed by atoms with van der Waals surface area (Å²) in [5, 5.41) is 12.2. The van der Waals surface area contributed by atoms with Crippen LogP contribution in [-0.4, -0.2) is 17.6 Å². The van der Waals surface area contributed by atoms with Gasteiger partial charge in [-0.15, -0.1) is 0 Å². The zero-order valence-electron chi connectivity index (χ0n) is 11.0.